The highest BCUT2D eigenvalue weighted by atomic mass is 16.6. The highest BCUT2D eigenvalue weighted by molar-refractivity contribution is 5.99. The largest absolute Gasteiger partial charge is 0.444 e. The zero-order chi connectivity index (χ0) is 24.6. The van der Waals surface area contributed by atoms with Crippen LogP contribution in [0.2, 0.25) is 0 Å². The monoisotopic (exact) mass is 453 g/mol. The molecule has 33 heavy (non-hydrogen) atoms. The number of carbonyl (C=O) groups is 3. The molecule has 0 saturated heterocycles. The number of ether oxygens (including phenoxy) is 1. The fraction of sp³-hybridized carbons (Fsp3) is 0.423. The van der Waals surface area contributed by atoms with E-state index in [4.69, 9.17) is 4.74 Å². The second-order valence-corrected chi connectivity index (χ2v) is 9.51. The van der Waals surface area contributed by atoms with E-state index in [0.29, 0.717) is 30.1 Å². The van der Waals surface area contributed by atoms with E-state index >= 15 is 0 Å². The summed E-state index contributed by atoms with van der Waals surface area (Å²) < 4.78 is 5.34. The van der Waals surface area contributed by atoms with Gasteiger partial charge in [0.05, 0.1) is 0 Å². The van der Waals surface area contributed by atoms with E-state index < -0.39 is 17.7 Å². The van der Waals surface area contributed by atoms with E-state index in [1.165, 1.54) is 0 Å². The van der Waals surface area contributed by atoms with Crippen LogP contribution in [0.4, 0.5) is 10.5 Å². The number of aryl methyl sites for hydroxylation is 1. The van der Waals surface area contributed by atoms with Crippen molar-refractivity contribution in [3.05, 3.63) is 65.2 Å². The molecule has 0 heterocycles. The summed E-state index contributed by atoms with van der Waals surface area (Å²) >= 11 is 0. The van der Waals surface area contributed by atoms with Crippen molar-refractivity contribution in [2.75, 3.05) is 11.9 Å². The molecule has 178 valence electrons. The third-order valence-corrected chi connectivity index (χ3v) is 4.71. The van der Waals surface area contributed by atoms with Gasteiger partial charge in [0, 0.05) is 24.2 Å². The minimum absolute atomic E-state index is 0.154. The molecular weight excluding hydrogens is 418 g/mol. The normalized spacial score (nSPS) is 12.1. The zero-order valence-electron chi connectivity index (χ0n) is 20.3. The highest BCUT2D eigenvalue weighted by Crippen LogP contribution is 2.18. The lowest BCUT2D eigenvalue weighted by Crippen LogP contribution is -2.47. The molecular formula is C26H35N3O4. The molecule has 0 saturated carbocycles. The van der Waals surface area contributed by atoms with Crippen LogP contribution in [-0.2, 0) is 16.0 Å². The predicted molar refractivity (Wildman–Crippen MR) is 130 cm³/mol. The van der Waals surface area contributed by atoms with Gasteiger partial charge >= 0.3 is 6.09 Å². The first-order chi connectivity index (χ1) is 15.4. The van der Waals surface area contributed by atoms with Crippen molar-refractivity contribution < 1.29 is 19.1 Å². The second-order valence-electron chi connectivity index (χ2n) is 9.51. The van der Waals surface area contributed by atoms with Gasteiger partial charge in [-0.3, -0.25) is 9.59 Å². The van der Waals surface area contributed by atoms with E-state index in [-0.39, 0.29) is 11.8 Å². The molecule has 0 radical (unpaired) electrons. The van der Waals surface area contributed by atoms with E-state index in [1.807, 2.05) is 51.1 Å². The summed E-state index contributed by atoms with van der Waals surface area (Å²) in [5.41, 5.74) is 2.07. The minimum atomic E-state index is -0.837. The van der Waals surface area contributed by atoms with Crippen LogP contribution in [0, 0.1) is 12.8 Å². The maximum absolute atomic E-state index is 13.1. The molecule has 0 fully saturated rings. The van der Waals surface area contributed by atoms with Crippen LogP contribution in [0.15, 0.2) is 48.5 Å². The standard InChI is InChI=1S/C26H35N3O4/c1-17(2)16-27-23(30)20-12-13-21(18(3)14-20)28-24(31)22(15-19-10-8-7-9-11-19)29-25(32)33-26(4,5)6/h7-14,17,22H,15-16H2,1-6H3,(H,27,30)(H,28,31)(H,29,32). The molecule has 2 rings (SSSR count). The number of benzene rings is 2. The first kappa shape index (κ1) is 25.9. The molecule has 0 aliphatic rings. The molecule has 7 heteroatoms. The zero-order valence-corrected chi connectivity index (χ0v) is 20.3. The first-order valence-corrected chi connectivity index (χ1v) is 11.2. The number of anilines is 1. The lowest BCUT2D eigenvalue weighted by atomic mass is 10.0. The summed E-state index contributed by atoms with van der Waals surface area (Å²) in [6, 6.07) is 13.7. The quantitative estimate of drug-likeness (QED) is 0.550. The van der Waals surface area contributed by atoms with Crippen molar-refractivity contribution in [2.24, 2.45) is 5.92 Å². The molecule has 1 atom stereocenters. The summed E-state index contributed by atoms with van der Waals surface area (Å²) in [5, 5.41) is 8.44. The Kier molecular flexibility index (Phi) is 9.02. The molecule has 0 spiro atoms. The number of alkyl carbamates (subject to hydrolysis) is 1. The van der Waals surface area contributed by atoms with Crippen molar-refractivity contribution >= 4 is 23.6 Å². The van der Waals surface area contributed by atoms with Crippen molar-refractivity contribution in [3.8, 4) is 0 Å². The number of amides is 3. The van der Waals surface area contributed by atoms with Gasteiger partial charge in [-0.05, 0) is 62.9 Å². The molecule has 0 bridgehead atoms. The van der Waals surface area contributed by atoms with Crippen LogP contribution < -0.4 is 16.0 Å². The summed E-state index contributed by atoms with van der Waals surface area (Å²) in [6.07, 6.45) is -0.354. The van der Waals surface area contributed by atoms with Crippen LogP contribution in [0.3, 0.4) is 0 Å². The Morgan fingerprint density at radius 2 is 1.67 bits per heavy atom. The highest BCUT2D eigenvalue weighted by Gasteiger charge is 2.25. The fourth-order valence-corrected chi connectivity index (χ4v) is 3.07. The van der Waals surface area contributed by atoms with Crippen LogP contribution in [0.1, 0.15) is 56.1 Å². The van der Waals surface area contributed by atoms with Gasteiger partial charge in [-0.25, -0.2) is 4.79 Å². The van der Waals surface area contributed by atoms with Crippen molar-refractivity contribution in [1.29, 1.82) is 0 Å². The Hall–Kier alpha value is -3.35. The first-order valence-electron chi connectivity index (χ1n) is 11.2. The Balaban J connectivity index is 2.15. The average Bonchev–Trinajstić information content (AvgIpc) is 2.72. The summed E-state index contributed by atoms with van der Waals surface area (Å²) in [5.74, 6) is -0.171. The van der Waals surface area contributed by atoms with Crippen LogP contribution in [0.5, 0.6) is 0 Å². The molecule has 3 N–H and O–H groups in total. The third-order valence-electron chi connectivity index (χ3n) is 4.71. The summed E-state index contributed by atoms with van der Waals surface area (Å²) in [4.78, 5) is 37.8. The fourth-order valence-electron chi connectivity index (χ4n) is 3.07. The SMILES string of the molecule is Cc1cc(C(=O)NCC(C)C)ccc1NC(=O)C(Cc1ccccc1)NC(=O)OC(C)(C)C. The topological polar surface area (TPSA) is 96.5 Å². The number of hydrogen-bond donors (Lipinski definition) is 3. The van der Waals surface area contributed by atoms with Gasteiger partial charge in [-0.15, -0.1) is 0 Å². The van der Waals surface area contributed by atoms with Crippen LogP contribution in [-0.4, -0.2) is 36.1 Å². The van der Waals surface area contributed by atoms with Crippen molar-refractivity contribution in [1.82, 2.24) is 10.6 Å². The maximum Gasteiger partial charge on any atom is 0.408 e. The number of carbonyl (C=O) groups excluding carboxylic acids is 3. The molecule has 0 aliphatic carbocycles. The Morgan fingerprint density at radius 3 is 2.24 bits per heavy atom. The minimum Gasteiger partial charge on any atom is -0.444 e. The predicted octanol–water partition coefficient (Wildman–Crippen LogP) is 4.46. The van der Waals surface area contributed by atoms with Gasteiger partial charge < -0.3 is 20.7 Å². The van der Waals surface area contributed by atoms with Gasteiger partial charge in [0.1, 0.15) is 11.6 Å². The third kappa shape index (κ3) is 8.96. The second kappa shape index (κ2) is 11.5. The van der Waals surface area contributed by atoms with Gasteiger partial charge in [0.2, 0.25) is 5.91 Å². The number of hydrogen-bond acceptors (Lipinski definition) is 4. The van der Waals surface area contributed by atoms with Crippen molar-refractivity contribution in [2.45, 2.75) is 59.6 Å². The average molecular weight is 454 g/mol. The van der Waals surface area contributed by atoms with Crippen LogP contribution in [0.25, 0.3) is 0 Å². The lowest BCUT2D eigenvalue weighted by Gasteiger charge is -2.23. The van der Waals surface area contributed by atoms with E-state index in [9.17, 15) is 14.4 Å². The maximum atomic E-state index is 13.1. The van der Waals surface area contributed by atoms with E-state index in [2.05, 4.69) is 16.0 Å². The van der Waals surface area contributed by atoms with Crippen molar-refractivity contribution in [3.63, 3.8) is 0 Å². The molecule has 1 unspecified atom stereocenters. The van der Waals surface area contributed by atoms with Gasteiger partial charge in [0.15, 0.2) is 0 Å². The number of nitrogens with one attached hydrogen (secondary N) is 3. The molecule has 7 nitrogen and oxygen atoms in total. The van der Waals surface area contributed by atoms with Crippen LogP contribution >= 0.6 is 0 Å². The number of rotatable bonds is 8. The molecule has 2 aromatic carbocycles. The Morgan fingerprint density at radius 1 is 1.00 bits per heavy atom. The summed E-state index contributed by atoms with van der Waals surface area (Å²) in [7, 11) is 0. The van der Waals surface area contributed by atoms with E-state index in [1.54, 1.807) is 39.0 Å². The molecule has 0 aromatic heterocycles. The summed E-state index contributed by atoms with van der Waals surface area (Å²) in [6.45, 7) is 11.8. The van der Waals surface area contributed by atoms with Gasteiger partial charge in [-0.2, -0.15) is 0 Å². The Labute approximate surface area is 196 Å². The van der Waals surface area contributed by atoms with Gasteiger partial charge in [0.25, 0.3) is 5.91 Å². The smallest absolute Gasteiger partial charge is 0.408 e. The Bertz CT molecular complexity index is 965. The molecule has 0 aliphatic heterocycles. The van der Waals surface area contributed by atoms with E-state index in [0.717, 1.165) is 11.1 Å². The molecule has 2 aromatic rings. The lowest BCUT2D eigenvalue weighted by molar-refractivity contribution is -0.118. The van der Waals surface area contributed by atoms with Gasteiger partial charge in [-0.1, -0.05) is 44.2 Å². The molecule has 3 amide bonds.